The van der Waals surface area contributed by atoms with Crippen LogP contribution in [0.25, 0.3) is 0 Å². The van der Waals surface area contributed by atoms with Gasteiger partial charge in [0.2, 0.25) is 11.8 Å². The van der Waals surface area contributed by atoms with E-state index in [2.05, 4.69) is 24.5 Å². The van der Waals surface area contributed by atoms with Crippen molar-refractivity contribution < 1.29 is 14.3 Å². The maximum absolute atomic E-state index is 12.6. The van der Waals surface area contributed by atoms with E-state index in [1.165, 1.54) is 12.7 Å². The third-order valence-corrected chi connectivity index (χ3v) is 4.33. The topological polar surface area (TPSA) is 67.4 Å². The van der Waals surface area contributed by atoms with Gasteiger partial charge in [-0.3, -0.25) is 9.59 Å². The average Bonchev–Trinajstić information content (AvgIpc) is 2.62. The second-order valence-corrected chi connectivity index (χ2v) is 7.01. The fourth-order valence-electron chi connectivity index (χ4n) is 2.37. The third kappa shape index (κ3) is 4.42. The Morgan fingerprint density at radius 2 is 1.50 bits per heavy atom. The summed E-state index contributed by atoms with van der Waals surface area (Å²) < 4.78 is 5.23. The Kier molecular flexibility index (Phi) is 6.03. The molecule has 0 spiro atoms. The number of benzene rings is 2. The monoisotopic (exact) mass is 354 g/mol. The van der Waals surface area contributed by atoms with Gasteiger partial charge in [-0.25, -0.2) is 0 Å². The van der Waals surface area contributed by atoms with Crippen molar-refractivity contribution in [1.82, 2.24) is 0 Å². The Balaban J connectivity index is 2.09. The molecule has 2 N–H and O–H groups in total. The first-order valence-electron chi connectivity index (χ1n) is 8.61. The minimum atomic E-state index is -1.25. The van der Waals surface area contributed by atoms with Crippen molar-refractivity contribution in [2.75, 3.05) is 17.7 Å². The number of carbonyl (C=O) groups excluding carboxylic acids is 2. The van der Waals surface area contributed by atoms with Crippen LogP contribution in [0.2, 0.25) is 0 Å². The van der Waals surface area contributed by atoms with Gasteiger partial charge in [0.15, 0.2) is 0 Å². The highest BCUT2D eigenvalue weighted by Crippen LogP contribution is 2.27. The standard InChI is InChI=1S/C21H26N2O3/c1-14(2)15-10-12-16(13-11-15)22-19(24)21(3,4)20(25)23-17-8-6-7-9-18(17)26-5/h6-14H,1-5H3,(H,22,24)(H,23,25). The van der Waals surface area contributed by atoms with Crippen molar-refractivity contribution in [2.24, 2.45) is 5.41 Å². The molecule has 0 aliphatic carbocycles. The molecule has 26 heavy (non-hydrogen) atoms. The molecule has 138 valence electrons. The number of amides is 2. The Hall–Kier alpha value is -2.82. The zero-order chi connectivity index (χ0) is 19.3. The molecule has 0 aliphatic rings. The molecule has 0 heterocycles. The van der Waals surface area contributed by atoms with E-state index in [-0.39, 0.29) is 5.91 Å². The number of anilines is 2. The Morgan fingerprint density at radius 1 is 0.923 bits per heavy atom. The molecule has 0 bridgehead atoms. The van der Waals surface area contributed by atoms with Crippen LogP contribution in [0.1, 0.15) is 39.2 Å². The lowest BCUT2D eigenvalue weighted by molar-refractivity contribution is -0.135. The SMILES string of the molecule is COc1ccccc1NC(=O)C(C)(C)C(=O)Nc1ccc(C(C)C)cc1. The fourth-order valence-corrected chi connectivity index (χ4v) is 2.37. The quantitative estimate of drug-likeness (QED) is 0.755. The molecule has 0 aromatic heterocycles. The molecule has 0 unspecified atom stereocenters. The molecule has 0 radical (unpaired) electrons. The third-order valence-electron chi connectivity index (χ3n) is 4.33. The van der Waals surface area contributed by atoms with Crippen molar-refractivity contribution in [2.45, 2.75) is 33.6 Å². The Bertz CT molecular complexity index is 780. The normalized spacial score (nSPS) is 11.2. The van der Waals surface area contributed by atoms with E-state index >= 15 is 0 Å². The Labute approximate surface area is 154 Å². The lowest BCUT2D eigenvalue weighted by Gasteiger charge is -2.23. The minimum absolute atomic E-state index is 0.373. The van der Waals surface area contributed by atoms with E-state index in [4.69, 9.17) is 4.74 Å². The van der Waals surface area contributed by atoms with Gasteiger partial charge in [-0.05, 0) is 49.6 Å². The summed E-state index contributed by atoms with van der Waals surface area (Å²) in [7, 11) is 1.53. The summed E-state index contributed by atoms with van der Waals surface area (Å²) in [5, 5.41) is 5.58. The maximum atomic E-state index is 12.6. The molecule has 2 amide bonds. The molecule has 2 rings (SSSR count). The van der Waals surface area contributed by atoms with Gasteiger partial charge in [-0.1, -0.05) is 38.1 Å². The molecule has 0 fully saturated rings. The van der Waals surface area contributed by atoms with Gasteiger partial charge in [0.25, 0.3) is 0 Å². The zero-order valence-electron chi connectivity index (χ0n) is 15.9. The highest BCUT2D eigenvalue weighted by atomic mass is 16.5. The van der Waals surface area contributed by atoms with Crippen LogP contribution in [0, 0.1) is 5.41 Å². The first-order chi connectivity index (χ1) is 12.3. The van der Waals surface area contributed by atoms with Crippen LogP contribution in [-0.4, -0.2) is 18.9 Å². The lowest BCUT2D eigenvalue weighted by atomic mass is 9.90. The summed E-state index contributed by atoms with van der Waals surface area (Å²) in [6, 6.07) is 14.7. The van der Waals surface area contributed by atoms with E-state index in [9.17, 15) is 9.59 Å². The van der Waals surface area contributed by atoms with E-state index in [0.29, 0.717) is 23.0 Å². The van der Waals surface area contributed by atoms with Crippen LogP contribution >= 0.6 is 0 Å². The molecule has 0 saturated carbocycles. The van der Waals surface area contributed by atoms with Crippen molar-refractivity contribution in [3.05, 3.63) is 54.1 Å². The van der Waals surface area contributed by atoms with Gasteiger partial charge in [-0.2, -0.15) is 0 Å². The predicted molar refractivity (Wildman–Crippen MR) is 105 cm³/mol. The zero-order valence-corrected chi connectivity index (χ0v) is 15.9. The van der Waals surface area contributed by atoms with E-state index in [1.807, 2.05) is 30.3 Å². The van der Waals surface area contributed by atoms with Crippen LogP contribution in [0.15, 0.2) is 48.5 Å². The minimum Gasteiger partial charge on any atom is -0.495 e. The van der Waals surface area contributed by atoms with Crippen molar-refractivity contribution in [1.29, 1.82) is 0 Å². The number of ether oxygens (including phenoxy) is 1. The van der Waals surface area contributed by atoms with Crippen LogP contribution in [-0.2, 0) is 9.59 Å². The number of hydrogen-bond acceptors (Lipinski definition) is 3. The number of nitrogens with one attached hydrogen (secondary N) is 2. The van der Waals surface area contributed by atoms with Crippen LogP contribution in [0.3, 0.4) is 0 Å². The summed E-state index contributed by atoms with van der Waals surface area (Å²) in [6.07, 6.45) is 0. The highest BCUT2D eigenvalue weighted by molar-refractivity contribution is 6.14. The van der Waals surface area contributed by atoms with E-state index in [0.717, 1.165) is 0 Å². The molecule has 2 aromatic rings. The van der Waals surface area contributed by atoms with Gasteiger partial charge in [-0.15, -0.1) is 0 Å². The molecule has 2 aromatic carbocycles. The Morgan fingerprint density at radius 3 is 2.08 bits per heavy atom. The molecule has 0 aliphatic heterocycles. The van der Waals surface area contributed by atoms with Crippen LogP contribution in [0.5, 0.6) is 5.75 Å². The molecule has 5 heteroatoms. The van der Waals surface area contributed by atoms with Gasteiger partial charge in [0.05, 0.1) is 12.8 Å². The first kappa shape index (κ1) is 19.5. The smallest absolute Gasteiger partial charge is 0.239 e. The number of rotatable bonds is 6. The fraction of sp³-hybridized carbons (Fsp3) is 0.333. The van der Waals surface area contributed by atoms with Gasteiger partial charge >= 0.3 is 0 Å². The molecule has 5 nitrogen and oxygen atoms in total. The number of methoxy groups -OCH3 is 1. The molecular weight excluding hydrogens is 328 g/mol. The predicted octanol–water partition coefficient (Wildman–Crippen LogP) is 4.42. The second-order valence-electron chi connectivity index (χ2n) is 7.01. The van der Waals surface area contributed by atoms with Gasteiger partial charge < -0.3 is 15.4 Å². The van der Waals surface area contributed by atoms with Crippen molar-refractivity contribution >= 4 is 23.2 Å². The second kappa shape index (κ2) is 8.04. The molecule has 0 atom stereocenters. The van der Waals surface area contributed by atoms with Crippen molar-refractivity contribution in [3.8, 4) is 5.75 Å². The number of carbonyl (C=O) groups is 2. The summed E-state index contributed by atoms with van der Waals surface area (Å²) in [5.41, 5.74) is 1.13. The van der Waals surface area contributed by atoms with Gasteiger partial charge in [0.1, 0.15) is 11.2 Å². The van der Waals surface area contributed by atoms with Gasteiger partial charge in [0, 0.05) is 5.69 Å². The number of hydrogen-bond donors (Lipinski definition) is 2. The molecule has 0 saturated heterocycles. The number of para-hydroxylation sites is 2. The first-order valence-corrected chi connectivity index (χ1v) is 8.61. The van der Waals surface area contributed by atoms with E-state index < -0.39 is 11.3 Å². The summed E-state index contributed by atoms with van der Waals surface area (Å²) in [5.74, 6) is 0.185. The summed E-state index contributed by atoms with van der Waals surface area (Å²) >= 11 is 0. The van der Waals surface area contributed by atoms with Crippen LogP contribution in [0.4, 0.5) is 11.4 Å². The molecular formula is C21H26N2O3. The lowest BCUT2D eigenvalue weighted by Crippen LogP contribution is -2.41. The largest absolute Gasteiger partial charge is 0.495 e. The summed E-state index contributed by atoms with van der Waals surface area (Å²) in [4.78, 5) is 25.3. The maximum Gasteiger partial charge on any atom is 0.239 e. The van der Waals surface area contributed by atoms with Crippen LogP contribution < -0.4 is 15.4 Å². The van der Waals surface area contributed by atoms with Crippen molar-refractivity contribution in [3.63, 3.8) is 0 Å². The highest BCUT2D eigenvalue weighted by Gasteiger charge is 2.36. The average molecular weight is 354 g/mol. The summed E-state index contributed by atoms with van der Waals surface area (Å²) in [6.45, 7) is 7.41. The van der Waals surface area contributed by atoms with E-state index in [1.54, 1.807) is 32.0 Å².